The van der Waals surface area contributed by atoms with Gasteiger partial charge in [-0.3, -0.25) is 19.1 Å². The average molecular weight is 423 g/mol. The molecule has 1 aliphatic heterocycles. The van der Waals surface area contributed by atoms with Crippen LogP contribution in [0.15, 0.2) is 29.3 Å². The molecule has 1 N–H and O–H groups in total. The van der Waals surface area contributed by atoms with Crippen LogP contribution < -0.4 is 0 Å². The molecule has 4 rings (SSSR count). The van der Waals surface area contributed by atoms with Crippen LogP contribution in [0.5, 0.6) is 0 Å². The Kier molecular flexibility index (Phi) is 5.11. The number of carbonyl (C=O) groups excluding carboxylic acids is 1. The summed E-state index contributed by atoms with van der Waals surface area (Å²) in [4.78, 5) is 29.2. The number of nitrogens with zero attached hydrogens (tertiary/aromatic N) is 4. The lowest BCUT2D eigenvalue weighted by molar-refractivity contribution is -0.136. The molecule has 0 saturated heterocycles. The lowest BCUT2D eigenvalue weighted by Crippen LogP contribution is -2.09. The van der Waals surface area contributed by atoms with E-state index in [4.69, 9.17) is 10.1 Å². The van der Waals surface area contributed by atoms with Gasteiger partial charge in [-0.2, -0.15) is 0 Å². The zero-order chi connectivity index (χ0) is 21.6. The molecule has 3 aromatic rings. The number of hydrogen-bond acceptors (Lipinski definition) is 6. The lowest BCUT2D eigenvalue weighted by Gasteiger charge is -2.11. The molecule has 0 spiro atoms. The molecule has 1 atom stereocenters. The van der Waals surface area contributed by atoms with E-state index in [0.29, 0.717) is 5.82 Å². The highest BCUT2D eigenvalue weighted by molar-refractivity contribution is 7.15. The van der Waals surface area contributed by atoms with Gasteiger partial charge in [0.1, 0.15) is 22.7 Å². The first kappa shape index (κ1) is 20.2. The average Bonchev–Trinajstić information content (AvgIpc) is 3.14. The molecule has 1 aromatic carbocycles. The molecule has 0 aliphatic carbocycles. The Hall–Kier alpha value is -3.13. The highest BCUT2D eigenvalue weighted by Gasteiger charge is 2.31. The number of carboxylic acid groups (broad SMARTS) is 1. The largest absolute Gasteiger partial charge is 0.481 e. The monoisotopic (exact) mass is 422 g/mol. The normalized spacial score (nSPS) is 15.2. The summed E-state index contributed by atoms with van der Waals surface area (Å²) in [5.41, 5.74) is 4.55. The molecule has 2 aromatic heterocycles. The number of aromatic nitrogens is 3. The lowest BCUT2D eigenvalue weighted by atomic mass is 9.98. The van der Waals surface area contributed by atoms with Crippen LogP contribution >= 0.6 is 11.3 Å². The van der Waals surface area contributed by atoms with E-state index < -0.39 is 12.0 Å². The predicted octanol–water partition coefficient (Wildman–Crippen LogP) is 3.75. The van der Waals surface area contributed by atoms with Crippen LogP contribution in [0.1, 0.15) is 58.2 Å². The number of hydrogen-bond donors (Lipinski definition) is 1. The van der Waals surface area contributed by atoms with Gasteiger partial charge in [-0.1, -0.05) is 24.3 Å². The molecular weight excluding hydrogens is 400 g/mol. The fourth-order valence-electron chi connectivity index (χ4n) is 3.75. The van der Waals surface area contributed by atoms with Crippen LogP contribution in [0, 0.1) is 20.8 Å². The number of ketones is 1. The van der Waals surface area contributed by atoms with Crippen molar-refractivity contribution in [1.82, 2.24) is 14.8 Å². The van der Waals surface area contributed by atoms with Gasteiger partial charge < -0.3 is 5.11 Å². The third-order valence-electron chi connectivity index (χ3n) is 5.30. The molecule has 0 fully saturated rings. The Balaban J connectivity index is 1.93. The smallest absolute Gasteiger partial charge is 0.307 e. The van der Waals surface area contributed by atoms with Gasteiger partial charge in [-0.15, -0.1) is 21.5 Å². The summed E-state index contributed by atoms with van der Waals surface area (Å²) < 4.78 is 2.02. The van der Waals surface area contributed by atoms with Gasteiger partial charge in [0.15, 0.2) is 5.82 Å². The van der Waals surface area contributed by atoms with Gasteiger partial charge in [0.2, 0.25) is 0 Å². The van der Waals surface area contributed by atoms with E-state index in [0.717, 1.165) is 38.8 Å². The molecule has 0 bridgehead atoms. The van der Waals surface area contributed by atoms with Crippen molar-refractivity contribution in [2.75, 3.05) is 0 Å². The minimum Gasteiger partial charge on any atom is -0.481 e. The maximum absolute atomic E-state index is 12.0. The van der Waals surface area contributed by atoms with Crippen molar-refractivity contribution in [3.63, 3.8) is 0 Å². The first-order valence-electron chi connectivity index (χ1n) is 9.67. The minimum absolute atomic E-state index is 0.0260. The Bertz CT molecular complexity index is 1190. The van der Waals surface area contributed by atoms with Crippen molar-refractivity contribution < 1.29 is 14.7 Å². The molecule has 7 nitrogen and oxygen atoms in total. The van der Waals surface area contributed by atoms with Gasteiger partial charge in [-0.05, 0) is 38.8 Å². The molecule has 154 valence electrons. The van der Waals surface area contributed by atoms with E-state index in [1.807, 2.05) is 35.8 Å². The second kappa shape index (κ2) is 7.60. The Morgan fingerprint density at radius 3 is 2.47 bits per heavy atom. The van der Waals surface area contributed by atoms with Crippen LogP contribution in [0.2, 0.25) is 0 Å². The molecule has 30 heavy (non-hydrogen) atoms. The van der Waals surface area contributed by atoms with E-state index in [-0.39, 0.29) is 18.6 Å². The van der Waals surface area contributed by atoms with Gasteiger partial charge in [0.25, 0.3) is 0 Å². The van der Waals surface area contributed by atoms with Crippen LogP contribution in [0.3, 0.4) is 0 Å². The summed E-state index contributed by atoms with van der Waals surface area (Å²) in [5, 5.41) is 18.7. The number of carboxylic acids is 1. The quantitative estimate of drug-likeness (QED) is 0.675. The SMILES string of the molecule is CC(=O)C[C@@H]1N=C(c2ccc(CC(=O)O)cc2)c2c(sc(C)c2C)-n2c(C)nnc21. The number of aliphatic imine (C=N–C) groups is 1. The number of Topliss-reactive ketones (excluding diaryl/α,β-unsaturated/α-hetero) is 1. The van der Waals surface area contributed by atoms with E-state index in [1.54, 1.807) is 18.3 Å². The van der Waals surface area contributed by atoms with Crippen molar-refractivity contribution >= 4 is 28.8 Å². The highest BCUT2D eigenvalue weighted by Crippen LogP contribution is 2.39. The zero-order valence-corrected chi connectivity index (χ0v) is 18.1. The minimum atomic E-state index is -0.865. The standard InChI is InChI=1S/C22H22N4O3S/c1-11(27)9-17-21-25-24-14(4)26(21)22-19(12(2)13(3)30-22)20(23-17)16-7-5-15(6-8-16)10-18(28)29/h5-8,17H,9-10H2,1-4H3,(H,28,29)/t17-/m0/s1. The Morgan fingerprint density at radius 2 is 1.83 bits per heavy atom. The van der Waals surface area contributed by atoms with E-state index in [1.165, 1.54) is 4.88 Å². The fourth-order valence-corrected chi connectivity index (χ4v) is 4.97. The van der Waals surface area contributed by atoms with Crippen LogP contribution in [-0.4, -0.2) is 37.3 Å². The van der Waals surface area contributed by atoms with E-state index in [2.05, 4.69) is 24.0 Å². The zero-order valence-electron chi connectivity index (χ0n) is 17.3. The number of aliphatic carboxylic acids is 1. The maximum Gasteiger partial charge on any atom is 0.307 e. The van der Waals surface area contributed by atoms with E-state index in [9.17, 15) is 9.59 Å². The van der Waals surface area contributed by atoms with Gasteiger partial charge >= 0.3 is 5.97 Å². The first-order chi connectivity index (χ1) is 14.3. The highest BCUT2D eigenvalue weighted by atomic mass is 32.1. The first-order valence-corrected chi connectivity index (χ1v) is 10.5. The van der Waals surface area contributed by atoms with Crippen molar-refractivity contribution in [2.45, 2.75) is 46.6 Å². The van der Waals surface area contributed by atoms with Crippen molar-refractivity contribution in [2.24, 2.45) is 4.99 Å². The van der Waals surface area contributed by atoms with Crippen LogP contribution in [-0.2, 0) is 16.0 Å². The molecule has 0 amide bonds. The molecule has 0 unspecified atom stereocenters. The van der Waals surface area contributed by atoms with E-state index >= 15 is 0 Å². The van der Waals surface area contributed by atoms with Crippen LogP contribution in [0.4, 0.5) is 0 Å². The van der Waals surface area contributed by atoms with Gasteiger partial charge in [-0.25, -0.2) is 0 Å². The summed E-state index contributed by atoms with van der Waals surface area (Å²) in [6.07, 6.45) is 0.216. The maximum atomic E-state index is 12.0. The summed E-state index contributed by atoms with van der Waals surface area (Å²) in [6.45, 7) is 7.61. The van der Waals surface area contributed by atoms with Crippen LogP contribution in [0.25, 0.3) is 5.00 Å². The predicted molar refractivity (Wildman–Crippen MR) is 115 cm³/mol. The number of carbonyl (C=O) groups is 2. The summed E-state index contributed by atoms with van der Waals surface area (Å²) in [5.74, 6) is 0.596. The number of rotatable bonds is 5. The van der Waals surface area contributed by atoms with Crippen molar-refractivity contribution in [3.8, 4) is 5.00 Å². The second-order valence-corrected chi connectivity index (χ2v) is 8.77. The van der Waals surface area contributed by atoms with Crippen molar-refractivity contribution in [3.05, 3.63) is 63.0 Å². The molecular formula is C22H22N4O3S. The number of aryl methyl sites for hydroxylation is 2. The summed E-state index contributed by atoms with van der Waals surface area (Å²) >= 11 is 1.66. The molecule has 1 aliphatic rings. The summed E-state index contributed by atoms with van der Waals surface area (Å²) in [6, 6.07) is 7.00. The second-order valence-electron chi connectivity index (χ2n) is 7.57. The molecule has 0 saturated carbocycles. The fraction of sp³-hybridized carbons (Fsp3) is 0.318. The molecule has 3 heterocycles. The third-order valence-corrected chi connectivity index (χ3v) is 6.50. The van der Waals surface area contributed by atoms with Gasteiger partial charge in [0, 0.05) is 22.4 Å². The third kappa shape index (κ3) is 3.47. The molecule has 8 heteroatoms. The number of thiophene rings is 1. The number of benzene rings is 1. The Labute approximate surface area is 178 Å². The van der Waals surface area contributed by atoms with Crippen molar-refractivity contribution in [1.29, 1.82) is 0 Å². The van der Waals surface area contributed by atoms with Gasteiger partial charge in [0.05, 0.1) is 12.1 Å². The molecule has 0 radical (unpaired) electrons. The topological polar surface area (TPSA) is 97.4 Å². The Morgan fingerprint density at radius 1 is 1.13 bits per heavy atom. The summed E-state index contributed by atoms with van der Waals surface area (Å²) in [7, 11) is 0. The number of fused-ring (bicyclic) bond motifs is 3.